The molecule has 0 bridgehead atoms. The number of hydrogen-bond acceptors (Lipinski definition) is 4. The molecule has 2 aromatic heterocycles. The summed E-state index contributed by atoms with van der Waals surface area (Å²) in [5.41, 5.74) is 1.84. The number of aromatic carboxylic acids is 1. The number of para-hydroxylation sites is 1. The second kappa shape index (κ2) is 8.48. The van der Waals surface area contributed by atoms with Crippen LogP contribution in [0.1, 0.15) is 33.9 Å². The van der Waals surface area contributed by atoms with Gasteiger partial charge in [0.1, 0.15) is 23.4 Å². The monoisotopic (exact) mass is 459 g/mol. The number of carboxylic acids is 1. The van der Waals surface area contributed by atoms with Crippen molar-refractivity contribution in [2.24, 2.45) is 0 Å². The number of rotatable bonds is 5. The molecular formula is C25H18FN3O3S. The zero-order valence-electron chi connectivity index (χ0n) is 17.2. The normalized spacial score (nSPS) is 17.7. The maximum Gasteiger partial charge on any atom is 0.335 e. The van der Waals surface area contributed by atoms with E-state index < -0.39 is 17.8 Å². The molecule has 3 heterocycles. The molecule has 0 unspecified atom stereocenters. The SMILES string of the molecule is O=C(O)c1cccc(-c2ccc([C@H]3[C@@H](c4ccccn4)NC(=S)N3c3ccccc3F)o2)c1. The third-order valence-electron chi connectivity index (χ3n) is 5.52. The van der Waals surface area contributed by atoms with Crippen molar-refractivity contribution in [3.8, 4) is 11.3 Å². The Balaban J connectivity index is 1.60. The molecule has 1 fully saturated rings. The van der Waals surface area contributed by atoms with Gasteiger partial charge in [0.15, 0.2) is 5.11 Å². The number of carbonyl (C=O) groups is 1. The van der Waals surface area contributed by atoms with Crippen molar-refractivity contribution in [1.29, 1.82) is 0 Å². The first-order valence-electron chi connectivity index (χ1n) is 10.2. The molecule has 6 nitrogen and oxygen atoms in total. The zero-order valence-corrected chi connectivity index (χ0v) is 18.0. The van der Waals surface area contributed by atoms with Crippen LogP contribution < -0.4 is 10.2 Å². The highest BCUT2D eigenvalue weighted by Crippen LogP contribution is 2.43. The van der Waals surface area contributed by atoms with Gasteiger partial charge >= 0.3 is 5.97 Å². The van der Waals surface area contributed by atoms with E-state index in [1.807, 2.05) is 18.2 Å². The van der Waals surface area contributed by atoms with Crippen molar-refractivity contribution in [1.82, 2.24) is 10.3 Å². The average molecular weight is 460 g/mol. The van der Waals surface area contributed by atoms with Gasteiger partial charge in [0.05, 0.1) is 23.0 Å². The van der Waals surface area contributed by atoms with Crippen LogP contribution in [0.5, 0.6) is 0 Å². The summed E-state index contributed by atoms with van der Waals surface area (Å²) < 4.78 is 21.0. The van der Waals surface area contributed by atoms with Crippen LogP contribution in [0.4, 0.5) is 10.1 Å². The number of carboxylic acid groups (broad SMARTS) is 1. The van der Waals surface area contributed by atoms with Gasteiger partial charge < -0.3 is 19.7 Å². The van der Waals surface area contributed by atoms with E-state index in [2.05, 4.69) is 10.3 Å². The van der Waals surface area contributed by atoms with Crippen LogP contribution in [0.25, 0.3) is 11.3 Å². The molecule has 1 saturated heterocycles. The lowest BCUT2D eigenvalue weighted by atomic mass is 10.0. The molecule has 164 valence electrons. The van der Waals surface area contributed by atoms with E-state index >= 15 is 0 Å². The minimum Gasteiger partial charge on any atom is -0.478 e. The quantitative estimate of drug-likeness (QED) is 0.389. The predicted molar refractivity (Wildman–Crippen MR) is 125 cm³/mol. The summed E-state index contributed by atoms with van der Waals surface area (Å²) in [4.78, 5) is 17.5. The number of benzene rings is 2. The predicted octanol–water partition coefficient (Wildman–Crippen LogP) is 5.36. The van der Waals surface area contributed by atoms with Crippen LogP contribution in [0, 0.1) is 5.82 Å². The smallest absolute Gasteiger partial charge is 0.335 e. The number of aromatic nitrogens is 1. The van der Waals surface area contributed by atoms with Gasteiger partial charge in [0.25, 0.3) is 0 Å². The maximum absolute atomic E-state index is 14.8. The highest BCUT2D eigenvalue weighted by molar-refractivity contribution is 7.80. The van der Waals surface area contributed by atoms with Crippen molar-refractivity contribution >= 4 is 29.0 Å². The minimum absolute atomic E-state index is 0.161. The molecule has 0 spiro atoms. The second-order valence-corrected chi connectivity index (χ2v) is 7.92. The third kappa shape index (κ3) is 3.85. The standard InChI is InChI=1S/C25H18FN3O3S/c26-17-8-1-2-10-19(17)29-23(22(28-25(29)33)18-9-3-4-13-27-18)21-12-11-20(32-21)15-6-5-7-16(14-15)24(30)31/h1-14,22-23H,(H,28,33)(H,30,31)/t22-,23+/m1/s1. The van der Waals surface area contributed by atoms with Gasteiger partial charge in [-0.2, -0.15) is 0 Å². The number of hydrogen-bond donors (Lipinski definition) is 2. The minimum atomic E-state index is -1.02. The van der Waals surface area contributed by atoms with Gasteiger partial charge in [0, 0.05) is 11.8 Å². The molecule has 1 aliphatic rings. The van der Waals surface area contributed by atoms with E-state index in [1.165, 1.54) is 12.1 Å². The van der Waals surface area contributed by atoms with Crippen LogP contribution in [0.3, 0.4) is 0 Å². The van der Waals surface area contributed by atoms with Crippen LogP contribution in [-0.2, 0) is 0 Å². The highest BCUT2D eigenvalue weighted by Gasteiger charge is 2.43. The Morgan fingerprint density at radius 1 is 1.06 bits per heavy atom. The second-order valence-electron chi connectivity index (χ2n) is 7.54. The fraction of sp³-hybridized carbons (Fsp3) is 0.0800. The largest absolute Gasteiger partial charge is 0.478 e. The van der Waals surface area contributed by atoms with Crippen molar-refractivity contribution < 1.29 is 18.7 Å². The molecule has 33 heavy (non-hydrogen) atoms. The molecule has 5 rings (SSSR count). The first-order valence-corrected chi connectivity index (χ1v) is 10.6. The fourth-order valence-electron chi connectivity index (χ4n) is 4.02. The Morgan fingerprint density at radius 2 is 1.88 bits per heavy atom. The van der Waals surface area contributed by atoms with Crippen molar-refractivity contribution in [3.63, 3.8) is 0 Å². The first-order chi connectivity index (χ1) is 16.0. The molecule has 2 aromatic carbocycles. The Morgan fingerprint density at radius 3 is 2.64 bits per heavy atom. The molecule has 0 saturated carbocycles. The van der Waals surface area contributed by atoms with Crippen molar-refractivity contribution in [2.45, 2.75) is 12.1 Å². The van der Waals surface area contributed by atoms with Gasteiger partial charge in [-0.15, -0.1) is 0 Å². The maximum atomic E-state index is 14.8. The molecule has 0 aliphatic carbocycles. The van der Waals surface area contributed by atoms with Crippen LogP contribution in [0.2, 0.25) is 0 Å². The van der Waals surface area contributed by atoms with Crippen molar-refractivity contribution in [3.05, 3.63) is 108 Å². The molecule has 8 heteroatoms. The van der Waals surface area contributed by atoms with Gasteiger partial charge in [-0.05, 0) is 60.7 Å². The number of anilines is 1. The molecule has 1 aliphatic heterocycles. The summed E-state index contributed by atoms with van der Waals surface area (Å²) in [6, 6.07) is 21.2. The van der Waals surface area contributed by atoms with Gasteiger partial charge in [-0.25, -0.2) is 9.18 Å². The van der Waals surface area contributed by atoms with E-state index in [9.17, 15) is 14.3 Å². The Kier molecular flexibility index (Phi) is 5.35. The zero-order chi connectivity index (χ0) is 22.9. The lowest BCUT2D eigenvalue weighted by Crippen LogP contribution is -2.30. The topological polar surface area (TPSA) is 78.6 Å². The summed E-state index contributed by atoms with van der Waals surface area (Å²) in [7, 11) is 0. The molecule has 2 N–H and O–H groups in total. The number of halogens is 1. The molecule has 0 amide bonds. The summed E-state index contributed by atoms with van der Waals surface area (Å²) in [6.45, 7) is 0. The number of furan rings is 1. The van der Waals surface area contributed by atoms with E-state index in [0.717, 1.165) is 5.69 Å². The average Bonchev–Trinajstić information content (AvgIpc) is 3.45. The molecule has 2 atom stereocenters. The summed E-state index contributed by atoms with van der Waals surface area (Å²) in [5, 5.41) is 12.9. The number of nitrogens with one attached hydrogen (secondary N) is 1. The molecule has 0 radical (unpaired) electrons. The first kappa shape index (κ1) is 20.8. The van der Waals surface area contributed by atoms with E-state index in [4.69, 9.17) is 16.6 Å². The Hall–Kier alpha value is -4.04. The van der Waals surface area contributed by atoms with E-state index in [1.54, 1.807) is 59.6 Å². The number of thiocarbonyl (C=S) groups is 1. The van der Waals surface area contributed by atoms with Crippen LogP contribution >= 0.6 is 12.2 Å². The summed E-state index contributed by atoms with van der Waals surface area (Å²) in [6.07, 6.45) is 1.69. The van der Waals surface area contributed by atoms with E-state index in [-0.39, 0.29) is 11.6 Å². The van der Waals surface area contributed by atoms with E-state index in [0.29, 0.717) is 27.9 Å². The molecule has 4 aromatic rings. The number of pyridine rings is 1. The van der Waals surface area contributed by atoms with Gasteiger partial charge in [-0.1, -0.05) is 30.3 Å². The fourth-order valence-corrected chi connectivity index (χ4v) is 4.36. The highest BCUT2D eigenvalue weighted by atomic mass is 32.1. The Bertz CT molecular complexity index is 1340. The Labute approximate surface area is 194 Å². The van der Waals surface area contributed by atoms with Gasteiger partial charge in [0.2, 0.25) is 0 Å². The van der Waals surface area contributed by atoms with Crippen LogP contribution in [0.15, 0.2) is 89.5 Å². The van der Waals surface area contributed by atoms with Crippen LogP contribution in [-0.4, -0.2) is 21.2 Å². The third-order valence-corrected chi connectivity index (χ3v) is 5.84. The van der Waals surface area contributed by atoms with Gasteiger partial charge in [-0.3, -0.25) is 4.98 Å². The number of nitrogens with zero attached hydrogens (tertiary/aromatic N) is 2. The molecular weight excluding hydrogens is 441 g/mol. The van der Waals surface area contributed by atoms with Crippen molar-refractivity contribution in [2.75, 3.05) is 4.90 Å². The summed E-state index contributed by atoms with van der Waals surface area (Å²) >= 11 is 5.60. The summed E-state index contributed by atoms with van der Waals surface area (Å²) in [5.74, 6) is -0.389. The lowest BCUT2D eigenvalue weighted by Gasteiger charge is -2.26. The lowest BCUT2D eigenvalue weighted by molar-refractivity contribution is 0.0697.